The molecule has 0 atom stereocenters. The predicted molar refractivity (Wildman–Crippen MR) is 136 cm³/mol. The first-order valence-electron chi connectivity index (χ1n) is 11.1. The maximum Gasteiger partial charge on any atom is 0.343 e. The summed E-state index contributed by atoms with van der Waals surface area (Å²) in [6.45, 7) is 0. The van der Waals surface area contributed by atoms with Gasteiger partial charge in [-0.15, -0.1) is 11.3 Å². The Morgan fingerprint density at radius 3 is 2.44 bits per heavy atom. The lowest BCUT2D eigenvalue weighted by atomic mass is 9.96. The highest BCUT2D eigenvalue weighted by Gasteiger charge is 2.25. The topological polar surface area (TPSA) is 95.6 Å². The predicted octanol–water partition coefficient (Wildman–Crippen LogP) is 6.06. The largest absolute Gasteiger partial charge is 0.497 e. The fourth-order valence-corrected chi connectivity index (χ4v) is 4.64. The highest BCUT2D eigenvalue weighted by atomic mass is 35.5. The molecule has 178 valence electrons. The molecule has 3 N–H and O–H groups in total. The van der Waals surface area contributed by atoms with E-state index in [0.29, 0.717) is 21.5 Å². The normalized spacial score (nSPS) is 13.7. The molecule has 10 heteroatoms. The number of ether oxygens (including phenoxy) is 1. The second-order valence-corrected chi connectivity index (χ2v) is 9.21. The molecule has 34 heavy (non-hydrogen) atoms. The molecular formula is C24H26ClN5O3S. The van der Waals surface area contributed by atoms with Gasteiger partial charge in [-0.2, -0.15) is 5.01 Å². The number of hydrazine groups is 1. The van der Waals surface area contributed by atoms with Gasteiger partial charge in [-0.1, -0.05) is 30.9 Å². The van der Waals surface area contributed by atoms with Gasteiger partial charge < -0.3 is 15.4 Å². The van der Waals surface area contributed by atoms with Gasteiger partial charge in [0, 0.05) is 27.7 Å². The van der Waals surface area contributed by atoms with Gasteiger partial charge in [-0.3, -0.25) is 0 Å². The molecule has 0 spiro atoms. The minimum absolute atomic E-state index is 0.0749. The Labute approximate surface area is 207 Å². The summed E-state index contributed by atoms with van der Waals surface area (Å²) in [7, 11) is 1.61. The van der Waals surface area contributed by atoms with Crippen LogP contribution < -0.4 is 25.8 Å². The van der Waals surface area contributed by atoms with Gasteiger partial charge in [0.25, 0.3) is 0 Å². The maximum atomic E-state index is 13.2. The van der Waals surface area contributed by atoms with Crippen molar-refractivity contribution in [3.63, 3.8) is 0 Å². The summed E-state index contributed by atoms with van der Waals surface area (Å²) in [6.07, 6.45) is 5.18. The fourth-order valence-electron chi connectivity index (χ4n) is 3.73. The van der Waals surface area contributed by atoms with E-state index in [1.807, 2.05) is 29.6 Å². The molecule has 1 aliphatic rings. The van der Waals surface area contributed by atoms with Crippen molar-refractivity contribution in [1.29, 1.82) is 0 Å². The van der Waals surface area contributed by atoms with Crippen LogP contribution in [0, 0.1) is 0 Å². The molecule has 0 bridgehead atoms. The van der Waals surface area contributed by atoms with Gasteiger partial charge in [0.2, 0.25) is 5.13 Å². The molecule has 4 rings (SSSR count). The molecule has 0 unspecified atom stereocenters. The number of nitrogens with one attached hydrogen (secondary N) is 3. The van der Waals surface area contributed by atoms with Crippen molar-refractivity contribution in [2.24, 2.45) is 0 Å². The molecule has 4 amide bonds. The van der Waals surface area contributed by atoms with Crippen LogP contribution in [0.2, 0.25) is 5.02 Å². The number of rotatable bonds is 5. The van der Waals surface area contributed by atoms with E-state index in [1.54, 1.807) is 31.4 Å². The number of carbonyl (C=O) groups excluding carboxylic acids is 2. The number of methoxy groups -OCH3 is 1. The number of halogens is 1. The van der Waals surface area contributed by atoms with Crippen LogP contribution in [0.1, 0.15) is 32.1 Å². The average Bonchev–Trinajstić information content (AvgIpc) is 3.34. The molecule has 0 radical (unpaired) electrons. The number of carbonyl (C=O) groups is 2. The maximum absolute atomic E-state index is 13.2. The average molecular weight is 500 g/mol. The van der Waals surface area contributed by atoms with Gasteiger partial charge >= 0.3 is 12.1 Å². The summed E-state index contributed by atoms with van der Waals surface area (Å²) >= 11 is 7.18. The summed E-state index contributed by atoms with van der Waals surface area (Å²) in [6, 6.07) is 13.3. The SMILES string of the molecule is COc1ccc(-c2csc(N(NC(=O)Nc3ccc(Cl)cc3)C(=O)NC3CCCCC3)n2)cc1. The van der Waals surface area contributed by atoms with Crippen LogP contribution >= 0.6 is 22.9 Å². The number of thiazole rings is 1. The second-order valence-electron chi connectivity index (χ2n) is 7.94. The van der Waals surface area contributed by atoms with Crippen molar-refractivity contribution in [3.05, 3.63) is 58.9 Å². The highest BCUT2D eigenvalue weighted by molar-refractivity contribution is 7.14. The van der Waals surface area contributed by atoms with Gasteiger partial charge in [0.05, 0.1) is 12.8 Å². The summed E-state index contributed by atoms with van der Waals surface area (Å²) in [5.74, 6) is 0.744. The zero-order valence-electron chi connectivity index (χ0n) is 18.7. The van der Waals surface area contributed by atoms with E-state index in [2.05, 4.69) is 21.0 Å². The second kappa shape index (κ2) is 11.2. The molecule has 1 aromatic heterocycles. The Bertz CT molecular complexity index is 1110. The van der Waals surface area contributed by atoms with E-state index < -0.39 is 12.1 Å². The van der Waals surface area contributed by atoms with Crippen molar-refractivity contribution in [3.8, 4) is 17.0 Å². The number of hydrogen-bond acceptors (Lipinski definition) is 5. The lowest BCUT2D eigenvalue weighted by molar-refractivity contribution is 0.231. The van der Waals surface area contributed by atoms with Crippen LogP contribution in [0.4, 0.5) is 20.4 Å². The standard InChI is InChI=1S/C24H26ClN5O3S/c1-33-20-13-7-16(8-14-20)21-15-34-24(28-21)30(23(32)27-18-5-3-2-4-6-18)29-22(31)26-19-11-9-17(25)10-12-19/h7-15,18H,2-6H2,1H3,(H,27,32)(H2,26,29,31). The zero-order valence-corrected chi connectivity index (χ0v) is 20.3. The van der Waals surface area contributed by atoms with E-state index in [4.69, 9.17) is 16.3 Å². The lowest BCUT2D eigenvalue weighted by Crippen LogP contribution is -2.54. The van der Waals surface area contributed by atoms with Crippen LogP contribution in [0.5, 0.6) is 5.75 Å². The minimum atomic E-state index is -0.567. The first-order valence-corrected chi connectivity index (χ1v) is 12.3. The number of hydrogen-bond donors (Lipinski definition) is 3. The summed E-state index contributed by atoms with van der Waals surface area (Å²) in [5.41, 5.74) is 4.75. The van der Waals surface area contributed by atoms with E-state index in [-0.39, 0.29) is 6.04 Å². The molecule has 1 fully saturated rings. The molecule has 0 aliphatic heterocycles. The van der Waals surface area contributed by atoms with Gasteiger partial charge in [-0.05, 0) is 61.4 Å². The molecule has 1 aliphatic carbocycles. The smallest absolute Gasteiger partial charge is 0.343 e. The first kappa shape index (κ1) is 23.8. The van der Waals surface area contributed by atoms with Gasteiger partial charge in [0.1, 0.15) is 5.75 Å². The third kappa shape index (κ3) is 6.18. The Balaban J connectivity index is 1.52. The third-order valence-corrected chi connectivity index (χ3v) is 6.60. The Morgan fingerprint density at radius 2 is 1.76 bits per heavy atom. The van der Waals surface area contributed by atoms with E-state index >= 15 is 0 Å². The lowest BCUT2D eigenvalue weighted by Gasteiger charge is -2.27. The highest BCUT2D eigenvalue weighted by Crippen LogP contribution is 2.28. The Morgan fingerprint density at radius 1 is 1.06 bits per heavy atom. The van der Waals surface area contributed by atoms with E-state index in [9.17, 15) is 9.59 Å². The molecular weight excluding hydrogens is 474 g/mol. The number of aromatic nitrogens is 1. The minimum Gasteiger partial charge on any atom is -0.497 e. The summed E-state index contributed by atoms with van der Waals surface area (Å²) in [5, 5.41) is 9.67. The Kier molecular flexibility index (Phi) is 7.87. The summed E-state index contributed by atoms with van der Waals surface area (Å²) < 4.78 is 5.21. The molecule has 2 aromatic carbocycles. The van der Waals surface area contributed by atoms with E-state index in [0.717, 1.165) is 42.0 Å². The van der Waals surface area contributed by atoms with Crippen molar-refractivity contribution in [2.75, 3.05) is 17.4 Å². The molecule has 8 nitrogen and oxygen atoms in total. The number of amides is 4. The van der Waals surface area contributed by atoms with Crippen molar-refractivity contribution in [2.45, 2.75) is 38.1 Å². The number of benzene rings is 2. The first-order chi connectivity index (χ1) is 16.5. The number of nitrogens with zero attached hydrogens (tertiary/aromatic N) is 2. The van der Waals surface area contributed by atoms with Crippen LogP contribution in [0.15, 0.2) is 53.9 Å². The van der Waals surface area contributed by atoms with Crippen molar-refractivity contribution in [1.82, 2.24) is 15.7 Å². The number of anilines is 2. The van der Waals surface area contributed by atoms with E-state index in [1.165, 1.54) is 17.8 Å². The molecule has 3 aromatic rings. The quantitative estimate of drug-likeness (QED) is 0.372. The summed E-state index contributed by atoms with van der Waals surface area (Å²) in [4.78, 5) is 30.5. The van der Waals surface area contributed by atoms with Crippen LogP contribution in [0.25, 0.3) is 11.3 Å². The van der Waals surface area contributed by atoms with Crippen LogP contribution in [0.3, 0.4) is 0 Å². The molecule has 1 heterocycles. The third-order valence-electron chi connectivity index (χ3n) is 5.52. The fraction of sp³-hybridized carbons (Fsp3) is 0.292. The number of urea groups is 2. The van der Waals surface area contributed by atoms with Crippen molar-refractivity contribution < 1.29 is 14.3 Å². The molecule has 0 saturated heterocycles. The monoisotopic (exact) mass is 499 g/mol. The van der Waals surface area contributed by atoms with Crippen LogP contribution in [-0.4, -0.2) is 30.2 Å². The zero-order chi connectivity index (χ0) is 23.9. The van der Waals surface area contributed by atoms with Crippen LogP contribution in [-0.2, 0) is 0 Å². The Hall–Kier alpha value is -3.30. The van der Waals surface area contributed by atoms with Gasteiger partial charge in [0.15, 0.2) is 0 Å². The van der Waals surface area contributed by atoms with Crippen molar-refractivity contribution >= 4 is 45.8 Å². The van der Waals surface area contributed by atoms with Gasteiger partial charge in [-0.25, -0.2) is 20.0 Å². The molecule has 1 saturated carbocycles.